The number of hydrogen-bond acceptors (Lipinski definition) is 0. The molecule has 0 aromatic heterocycles. The van der Waals surface area contributed by atoms with E-state index in [0.717, 1.165) is 125 Å². The van der Waals surface area contributed by atoms with E-state index in [0.29, 0.717) is 27.8 Å². The molecule has 548 valence electrons. The molecule has 0 N–H and O–H groups in total. The van der Waals surface area contributed by atoms with Crippen molar-refractivity contribution >= 4 is 129 Å². The third-order valence-corrected chi connectivity index (χ3v) is 25.7. The Labute approximate surface area is 712 Å². The van der Waals surface area contributed by atoms with Crippen LogP contribution < -0.4 is 0 Å². The van der Waals surface area contributed by atoms with Gasteiger partial charge in [-0.05, 0) is 323 Å². The Bertz CT molecular complexity index is 9070. The molecule has 2 aliphatic carbocycles. The van der Waals surface area contributed by atoms with Crippen molar-refractivity contribution in [1.82, 2.24) is 0 Å². The van der Waals surface area contributed by atoms with Crippen LogP contribution in [-0.4, -0.2) is 0 Å². The molecule has 0 amide bonds. The summed E-state index contributed by atoms with van der Waals surface area (Å²) in [6.45, 7) is -2.83. The van der Waals surface area contributed by atoms with Crippen molar-refractivity contribution in [2.75, 3.05) is 0 Å². The normalized spacial score (nSPS) is 16.0. The molecule has 0 radical (unpaired) electrons. The minimum Gasteiger partial charge on any atom is -0.0622 e. The predicted molar refractivity (Wildman–Crippen MR) is 506 cm³/mol. The van der Waals surface area contributed by atoms with E-state index in [9.17, 15) is 20.6 Å². The maximum Gasteiger partial charge on any atom is 0.0636 e. The molecule has 0 atom stereocenters. The highest BCUT2D eigenvalue weighted by Crippen LogP contribution is 2.55. The van der Waals surface area contributed by atoms with Gasteiger partial charge in [-0.2, -0.15) is 0 Å². The summed E-state index contributed by atoms with van der Waals surface area (Å²) in [7, 11) is 0. The fourth-order valence-corrected chi connectivity index (χ4v) is 20.1. The molecular formula is C118H76. The van der Waals surface area contributed by atoms with Crippen molar-refractivity contribution in [2.45, 2.75) is 38.4 Å². The molecular weight excluding hydrogens is 1420 g/mol. The first-order valence-corrected chi connectivity index (χ1v) is 40.0. The third kappa shape index (κ3) is 9.90. The second kappa shape index (κ2) is 25.0. The second-order valence-electron chi connectivity index (χ2n) is 32.4. The molecule has 0 spiro atoms. The standard InChI is InChI=1S/2C59H38/c2*1-59(2)53-33-42(35-8-4-3-5-9-35)22-26-49(53)50-27-23-43(34-54(50)59)44-30-45(47-24-18-40-16-14-36-10-6-12-38-20-28-51(47)57(40)55(36)38)32-46(31-44)48-25-19-41-17-15-37-11-7-13-39-21-29-52(48)58(41)56(37)39/h2*3-34H,1-2H3/i1D3,2D3,3D,4D,5D,8D,9D,22D,23D,26D,27D,33D,34D;30D,31D,32D. The lowest BCUT2D eigenvalue weighted by Crippen LogP contribution is -2.15. The Hall–Kier alpha value is -14.6. The molecule has 118 heavy (non-hydrogen) atoms. The van der Waals surface area contributed by atoms with Gasteiger partial charge >= 0.3 is 0 Å². The maximum absolute atomic E-state index is 10.3. The summed E-state index contributed by atoms with van der Waals surface area (Å²) in [5.74, 6) is 0. The zero-order chi connectivity index (χ0) is 95.2. The van der Waals surface area contributed by atoms with Gasteiger partial charge in [0.05, 0.1) is 19.2 Å². The largest absolute Gasteiger partial charge is 0.0636 e. The molecule has 0 heteroatoms. The lowest BCUT2D eigenvalue weighted by molar-refractivity contribution is 0.660. The lowest BCUT2D eigenvalue weighted by atomic mass is 9.80. The maximum atomic E-state index is 10.3. The number of rotatable bonds is 8. The van der Waals surface area contributed by atoms with Crippen molar-refractivity contribution < 1.29 is 27.4 Å². The second-order valence-corrected chi connectivity index (χ2v) is 32.4. The molecule has 2 aliphatic rings. The molecule has 26 rings (SSSR count). The highest BCUT2D eigenvalue weighted by molar-refractivity contribution is 6.30. The molecule has 0 saturated heterocycles. The summed E-state index contributed by atoms with van der Waals surface area (Å²) in [5.41, 5.74) is 5.99. The Morgan fingerprint density at radius 2 is 0.508 bits per heavy atom. The Morgan fingerprint density at radius 1 is 0.186 bits per heavy atom. The summed E-state index contributed by atoms with van der Waals surface area (Å²) in [6.07, 6.45) is 0. The van der Waals surface area contributed by atoms with E-state index in [1.807, 2.05) is 42.5 Å². The fraction of sp³-hybridized carbons (Fsp3) is 0.0508. The minimum absolute atomic E-state index is 0.175. The topological polar surface area (TPSA) is 0 Å². The molecule has 24 aromatic rings. The summed E-state index contributed by atoms with van der Waals surface area (Å²) >= 11 is 0. The van der Waals surface area contributed by atoms with E-state index in [2.05, 4.69) is 263 Å². The van der Waals surface area contributed by atoms with E-state index in [1.54, 1.807) is 12.1 Å². The average molecular weight is 1510 g/mol. The SMILES string of the molecule is [2H]c1c(-c2ccc3c(c2)C(C)(C)c2cc(-c4ccccc4)ccc2-3)c([2H])c(-c2ccc3ccc4cccc5ccc2c3c45)c([2H])c1-c1ccc2ccc3cccc4ccc1c2c34.[2H]c1c([2H])c([2H])c(-c2c([2H])c([2H])c3c(c2[2H])C(C([2H])([2H])[2H])(C([2H])([2H])[2H])c2c([2H])c(-c4cc(-c5ccc6ccc7cccc8ccc5c6c78)cc(-c5ccc6ccc7cccc8ccc5c6c78)c4)c([2H])c([2H])c2-3)c([2H])c1[2H]. The number of fused-ring (bicyclic) bond motifs is 6. The number of hydrogen-bond donors (Lipinski definition) is 0. The molecule has 0 nitrogen and oxygen atoms in total. The summed E-state index contributed by atoms with van der Waals surface area (Å²) in [5, 5.41) is 25.8. The molecule has 0 fully saturated rings. The molecule has 0 unspecified atom stereocenters. The van der Waals surface area contributed by atoms with E-state index >= 15 is 0 Å². The van der Waals surface area contributed by atoms with Gasteiger partial charge in [0.1, 0.15) is 0 Å². The first kappa shape index (κ1) is 49.9. The van der Waals surface area contributed by atoms with Crippen LogP contribution in [0.4, 0.5) is 0 Å². The zero-order valence-corrected chi connectivity index (χ0v) is 63.9. The molecule has 0 saturated carbocycles. The van der Waals surface area contributed by atoms with Crippen molar-refractivity contribution in [1.29, 1.82) is 0 Å². The summed E-state index contributed by atoms with van der Waals surface area (Å²) in [6, 6.07) is 96.4. The Balaban J connectivity index is 0.000000149. The van der Waals surface area contributed by atoms with Crippen molar-refractivity contribution in [3.05, 3.63) is 410 Å². The van der Waals surface area contributed by atoms with Crippen LogP contribution in [0.2, 0.25) is 0 Å². The highest BCUT2D eigenvalue weighted by Gasteiger charge is 2.38. The van der Waals surface area contributed by atoms with Gasteiger partial charge in [0.25, 0.3) is 0 Å². The lowest BCUT2D eigenvalue weighted by Gasteiger charge is -2.23. The van der Waals surface area contributed by atoms with E-state index in [4.69, 9.17) is 6.85 Å². The van der Waals surface area contributed by atoms with Crippen LogP contribution in [0.5, 0.6) is 0 Å². The fourth-order valence-electron chi connectivity index (χ4n) is 20.1. The van der Waals surface area contributed by atoms with Gasteiger partial charge in [0, 0.05) is 19.1 Å². The van der Waals surface area contributed by atoms with E-state index in [1.165, 1.54) is 65.7 Å². The van der Waals surface area contributed by atoms with Gasteiger partial charge in [-0.1, -0.05) is 355 Å². The quantitative estimate of drug-likeness (QED) is 0.133. The van der Waals surface area contributed by atoms with Crippen LogP contribution in [0, 0.1) is 0 Å². The third-order valence-electron chi connectivity index (χ3n) is 25.7. The monoisotopic (exact) mass is 1510 g/mol. The van der Waals surface area contributed by atoms with Crippen molar-refractivity contribution in [2.24, 2.45) is 0 Å². The summed E-state index contributed by atoms with van der Waals surface area (Å²) in [4.78, 5) is 0. The average Bonchev–Trinajstić information content (AvgIpc) is 1.49. The first-order chi connectivity index (χ1) is 66.3. The highest BCUT2D eigenvalue weighted by atomic mass is 14.4. The molecule has 0 aliphatic heterocycles. The van der Waals surface area contributed by atoms with Crippen LogP contribution in [0.3, 0.4) is 0 Å². The number of benzene rings is 24. The first-order valence-electron chi connectivity index (χ1n) is 50.0. The van der Waals surface area contributed by atoms with Gasteiger partial charge in [-0.3, -0.25) is 0 Å². The zero-order valence-electron chi connectivity index (χ0n) is 83.9. The summed E-state index contributed by atoms with van der Waals surface area (Å²) < 4.78 is 187. The van der Waals surface area contributed by atoms with Gasteiger partial charge in [-0.25, -0.2) is 0 Å². The molecule has 0 heterocycles. The smallest absolute Gasteiger partial charge is 0.0622 e. The predicted octanol–water partition coefficient (Wildman–Crippen LogP) is 32.9. The Morgan fingerprint density at radius 3 is 0.898 bits per heavy atom. The van der Waals surface area contributed by atoms with Gasteiger partial charge in [0.15, 0.2) is 0 Å². The van der Waals surface area contributed by atoms with Crippen LogP contribution in [-0.2, 0) is 10.8 Å². The van der Waals surface area contributed by atoms with Crippen LogP contribution >= 0.6 is 0 Å². The van der Waals surface area contributed by atoms with Crippen molar-refractivity contribution in [3.63, 3.8) is 0 Å². The van der Waals surface area contributed by atoms with Gasteiger partial charge in [0.2, 0.25) is 0 Å². The van der Waals surface area contributed by atoms with Crippen LogP contribution in [0.25, 0.3) is 241 Å². The van der Waals surface area contributed by atoms with Gasteiger partial charge in [-0.15, -0.1) is 0 Å². The molecule has 24 aromatic carbocycles. The van der Waals surface area contributed by atoms with E-state index in [-0.39, 0.29) is 34.7 Å². The van der Waals surface area contributed by atoms with Gasteiger partial charge < -0.3 is 0 Å². The molecule has 0 bridgehead atoms. The Kier molecular flexibility index (Phi) is 10.6. The van der Waals surface area contributed by atoms with Crippen molar-refractivity contribution in [3.8, 4) is 111 Å². The minimum atomic E-state index is -3.71. The van der Waals surface area contributed by atoms with Crippen LogP contribution in [0.15, 0.2) is 388 Å². The van der Waals surface area contributed by atoms with Crippen LogP contribution in [0.1, 0.15) is 77.2 Å². The van der Waals surface area contributed by atoms with E-state index < -0.39 is 119 Å².